The number of primary amides is 1. The number of carbonyl (C=O) groups is 1. The van der Waals surface area contributed by atoms with Crippen molar-refractivity contribution in [2.24, 2.45) is 5.73 Å². The average Bonchev–Trinajstić information content (AvgIpc) is 2.84. The Morgan fingerprint density at radius 1 is 1.37 bits per heavy atom. The van der Waals surface area contributed by atoms with Crippen molar-refractivity contribution < 1.29 is 14.3 Å². The molecule has 98 valence electrons. The Labute approximate surface area is 108 Å². The van der Waals surface area contributed by atoms with E-state index in [1.165, 1.54) is 6.20 Å². The van der Waals surface area contributed by atoms with Crippen LogP contribution < -0.4 is 20.6 Å². The molecule has 0 spiro atoms. The highest BCUT2D eigenvalue weighted by Gasteiger charge is 2.19. The average molecular weight is 260 g/mol. The fraction of sp³-hybridized carbons (Fsp3) is 0.231. The van der Waals surface area contributed by atoms with Crippen molar-refractivity contribution in [1.29, 1.82) is 0 Å². The standard InChI is InChI=1S/C13H12N2O4/c1-2-15-5-8(13(14)17)12(16)7-3-10-11(4-9(7)15)19-6-18-10/h3-5H,2,6H2,1H3,(H2,14,17). The van der Waals surface area contributed by atoms with E-state index >= 15 is 0 Å². The van der Waals surface area contributed by atoms with Gasteiger partial charge in [0.05, 0.1) is 10.9 Å². The number of ether oxygens (including phenoxy) is 2. The lowest BCUT2D eigenvalue weighted by atomic mass is 10.1. The molecule has 2 N–H and O–H groups in total. The first-order valence-corrected chi connectivity index (χ1v) is 5.88. The van der Waals surface area contributed by atoms with Crippen molar-refractivity contribution in [3.8, 4) is 11.5 Å². The summed E-state index contributed by atoms with van der Waals surface area (Å²) in [5.74, 6) is 0.376. The number of nitrogens with zero attached hydrogens (tertiary/aromatic N) is 1. The summed E-state index contributed by atoms with van der Waals surface area (Å²) in [7, 11) is 0. The van der Waals surface area contributed by atoms with Gasteiger partial charge in [-0.1, -0.05) is 0 Å². The largest absolute Gasteiger partial charge is 0.454 e. The molecule has 0 bridgehead atoms. The van der Waals surface area contributed by atoms with Gasteiger partial charge in [0, 0.05) is 18.8 Å². The molecule has 6 nitrogen and oxygen atoms in total. The van der Waals surface area contributed by atoms with Gasteiger partial charge in [0.2, 0.25) is 12.2 Å². The second kappa shape index (κ2) is 4.01. The minimum Gasteiger partial charge on any atom is -0.454 e. The molecular formula is C13H12N2O4. The van der Waals surface area contributed by atoms with Crippen LogP contribution in [0, 0.1) is 0 Å². The SMILES string of the molecule is CCn1cc(C(N)=O)c(=O)c2cc3c(cc21)OCO3. The highest BCUT2D eigenvalue weighted by Crippen LogP contribution is 2.35. The molecule has 1 aliphatic heterocycles. The van der Waals surface area contributed by atoms with Gasteiger partial charge < -0.3 is 19.8 Å². The molecule has 0 fully saturated rings. The molecule has 6 heteroatoms. The molecule has 1 amide bonds. The summed E-state index contributed by atoms with van der Waals surface area (Å²) in [5, 5.41) is 0.405. The third-order valence-electron chi connectivity index (χ3n) is 3.18. The molecule has 3 rings (SSSR count). The van der Waals surface area contributed by atoms with Crippen LogP contribution in [0.2, 0.25) is 0 Å². The Kier molecular flexibility index (Phi) is 2.45. The second-order valence-corrected chi connectivity index (χ2v) is 4.24. The van der Waals surface area contributed by atoms with Crippen LogP contribution in [0.5, 0.6) is 11.5 Å². The molecule has 2 aromatic rings. The maximum atomic E-state index is 12.2. The van der Waals surface area contributed by atoms with Crippen LogP contribution in [0.4, 0.5) is 0 Å². The predicted molar refractivity (Wildman–Crippen MR) is 68.5 cm³/mol. The smallest absolute Gasteiger partial charge is 0.254 e. The van der Waals surface area contributed by atoms with Gasteiger partial charge in [-0.15, -0.1) is 0 Å². The van der Waals surface area contributed by atoms with Crippen molar-refractivity contribution in [2.45, 2.75) is 13.5 Å². The van der Waals surface area contributed by atoms with Gasteiger partial charge in [0.1, 0.15) is 5.56 Å². The van der Waals surface area contributed by atoms with E-state index in [9.17, 15) is 9.59 Å². The monoisotopic (exact) mass is 260 g/mol. The van der Waals surface area contributed by atoms with Crippen molar-refractivity contribution in [3.63, 3.8) is 0 Å². The maximum absolute atomic E-state index is 12.2. The first kappa shape index (κ1) is 11.6. The minimum atomic E-state index is -0.730. The van der Waals surface area contributed by atoms with Gasteiger partial charge in [-0.25, -0.2) is 0 Å². The Morgan fingerprint density at radius 2 is 2.05 bits per heavy atom. The number of fused-ring (bicyclic) bond motifs is 2. The zero-order chi connectivity index (χ0) is 13.6. The van der Waals surface area contributed by atoms with Crippen LogP contribution in [0.3, 0.4) is 0 Å². The summed E-state index contributed by atoms with van der Waals surface area (Å²) >= 11 is 0. The summed E-state index contributed by atoms with van der Waals surface area (Å²) in [4.78, 5) is 23.5. The lowest BCUT2D eigenvalue weighted by Crippen LogP contribution is -2.24. The van der Waals surface area contributed by atoms with Crippen molar-refractivity contribution in [1.82, 2.24) is 4.57 Å². The molecule has 0 aliphatic carbocycles. The van der Waals surface area contributed by atoms with Crippen LogP contribution in [0.15, 0.2) is 23.1 Å². The van der Waals surface area contributed by atoms with Gasteiger partial charge >= 0.3 is 0 Å². The minimum absolute atomic E-state index is 0.0202. The highest BCUT2D eigenvalue weighted by molar-refractivity contribution is 5.96. The molecule has 19 heavy (non-hydrogen) atoms. The molecular weight excluding hydrogens is 248 g/mol. The predicted octanol–water partition coefficient (Wildman–Crippen LogP) is 0.849. The molecule has 0 saturated carbocycles. The van der Waals surface area contributed by atoms with E-state index in [0.717, 1.165) is 0 Å². The number of aryl methyl sites for hydroxylation is 1. The summed E-state index contributed by atoms with van der Waals surface area (Å²) in [5.41, 5.74) is 5.53. The molecule has 0 unspecified atom stereocenters. The number of carbonyl (C=O) groups excluding carboxylic acids is 1. The van der Waals surface area contributed by atoms with Gasteiger partial charge in [-0.2, -0.15) is 0 Å². The van der Waals surface area contributed by atoms with Crippen LogP contribution in [-0.4, -0.2) is 17.3 Å². The Bertz CT molecular complexity index is 748. The van der Waals surface area contributed by atoms with Gasteiger partial charge in [0.25, 0.3) is 5.91 Å². The van der Waals surface area contributed by atoms with E-state index in [4.69, 9.17) is 15.2 Å². The normalized spacial score (nSPS) is 12.9. The zero-order valence-electron chi connectivity index (χ0n) is 10.3. The summed E-state index contributed by atoms with van der Waals surface area (Å²) in [6.45, 7) is 2.66. The number of pyridine rings is 1. The third-order valence-corrected chi connectivity index (χ3v) is 3.18. The Hall–Kier alpha value is -2.50. The van der Waals surface area contributed by atoms with E-state index in [1.807, 2.05) is 6.92 Å². The number of amides is 1. The molecule has 1 aromatic heterocycles. The van der Waals surface area contributed by atoms with Crippen molar-refractivity contribution in [2.75, 3.05) is 6.79 Å². The lowest BCUT2D eigenvalue weighted by molar-refractivity contribution is 0.0998. The van der Waals surface area contributed by atoms with E-state index in [0.29, 0.717) is 28.9 Å². The van der Waals surface area contributed by atoms with Crippen LogP contribution in [-0.2, 0) is 6.54 Å². The molecule has 2 heterocycles. The first-order valence-electron chi connectivity index (χ1n) is 5.88. The van der Waals surface area contributed by atoms with Crippen molar-refractivity contribution in [3.05, 3.63) is 34.1 Å². The number of aromatic nitrogens is 1. The maximum Gasteiger partial charge on any atom is 0.254 e. The second-order valence-electron chi connectivity index (χ2n) is 4.24. The summed E-state index contributed by atoms with van der Waals surface area (Å²) in [6, 6.07) is 3.34. The quantitative estimate of drug-likeness (QED) is 0.867. The number of hydrogen-bond donors (Lipinski definition) is 1. The fourth-order valence-electron chi connectivity index (χ4n) is 2.22. The van der Waals surface area contributed by atoms with Crippen LogP contribution in [0.1, 0.15) is 17.3 Å². The molecule has 1 aliphatic rings. The van der Waals surface area contributed by atoms with E-state index < -0.39 is 5.91 Å². The first-order chi connectivity index (χ1) is 9.11. The van der Waals surface area contributed by atoms with E-state index in [-0.39, 0.29) is 17.8 Å². The molecule has 0 saturated heterocycles. The molecule has 0 atom stereocenters. The molecule has 1 aromatic carbocycles. The number of rotatable bonds is 2. The van der Waals surface area contributed by atoms with Crippen LogP contribution >= 0.6 is 0 Å². The van der Waals surface area contributed by atoms with Gasteiger partial charge in [-0.3, -0.25) is 9.59 Å². The number of nitrogens with two attached hydrogens (primary N) is 1. The van der Waals surface area contributed by atoms with E-state index in [2.05, 4.69) is 0 Å². The Balaban J connectivity index is 2.43. The highest BCUT2D eigenvalue weighted by atomic mass is 16.7. The lowest BCUT2D eigenvalue weighted by Gasteiger charge is -2.10. The summed E-state index contributed by atoms with van der Waals surface area (Å²) < 4.78 is 12.3. The Morgan fingerprint density at radius 3 is 2.68 bits per heavy atom. The van der Waals surface area contributed by atoms with Gasteiger partial charge in [0.15, 0.2) is 11.5 Å². The molecule has 0 radical (unpaired) electrons. The van der Waals surface area contributed by atoms with Crippen LogP contribution in [0.25, 0.3) is 10.9 Å². The van der Waals surface area contributed by atoms with Crippen molar-refractivity contribution >= 4 is 16.8 Å². The number of hydrogen-bond acceptors (Lipinski definition) is 4. The zero-order valence-corrected chi connectivity index (χ0v) is 10.3. The van der Waals surface area contributed by atoms with E-state index in [1.54, 1.807) is 16.7 Å². The topological polar surface area (TPSA) is 83.6 Å². The third kappa shape index (κ3) is 1.64. The summed E-state index contributed by atoms with van der Waals surface area (Å²) in [6.07, 6.45) is 1.48. The number of benzene rings is 1. The fourth-order valence-corrected chi connectivity index (χ4v) is 2.22. The van der Waals surface area contributed by atoms with Gasteiger partial charge in [-0.05, 0) is 13.0 Å².